The van der Waals surface area contributed by atoms with E-state index in [1.54, 1.807) is 0 Å². The van der Waals surface area contributed by atoms with Gasteiger partial charge in [-0.3, -0.25) is 18.5 Å². The van der Waals surface area contributed by atoms with Crippen LogP contribution in [0.4, 0.5) is 56.9 Å². The van der Waals surface area contributed by atoms with Crippen molar-refractivity contribution in [2.45, 2.75) is 24.5 Å². The van der Waals surface area contributed by atoms with E-state index in [0.29, 0.717) is 24.3 Å². The summed E-state index contributed by atoms with van der Waals surface area (Å²) in [5.74, 6) is -2.46. The summed E-state index contributed by atoms with van der Waals surface area (Å²) >= 11 is 0. The van der Waals surface area contributed by atoms with Crippen LogP contribution in [-0.4, -0.2) is 118 Å². The van der Waals surface area contributed by atoms with Crippen LogP contribution in [0.15, 0.2) is 150 Å². The molecule has 7 aromatic rings. The number of nitro benzene ring substituents is 1. The first-order valence-corrected chi connectivity index (χ1v) is 30.1. The molecule has 92 heavy (non-hydrogen) atoms. The number of hydrogen-bond donors (Lipinski definition) is 3. The summed E-state index contributed by atoms with van der Waals surface area (Å²) in [6.45, 7) is 0. The molecule has 0 aliphatic rings. The van der Waals surface area contributed by atoms with Crippen molar-refractivity contribution in [3.8, 4) is 11.5 Å². The Kier molecular flexibility index (Phi) is 46.0. The van der Waals surface area contributed by atoms with Gasteiger partial charge >= 0.3 is 268 Å². The number of nitrogen functional groups attached to an aromatic ring is 1. The molecule has 0 saturated heterocycles. The first-order chi connectivity index (χ1) is 38.7. The molecule has 0 radical (unpaired) electrons. The maximum atomic E-state index is 12.7. The fourth-order valence-electron chi connectivity index (χ4n) is 6.35. The van der Waals surface area contributed by atoms with Gasteiger partial charge < -0.3 is 38.7 Å². The van der Waals surface area contributed by atoms with E-state index >= 15 is 0 Å². The summed E-state index contributed by atoms with van der Waals surface area (Å²) in [4.78, 5) is 4.75. The summed E-state index contributed by atoms with van der Waals surface area (Å²) in [6, 6.07) is 18.7. The molecule has 0 spiro atoms. The van der Waals surface area contributed by atoms with E-state index in [9.17, 15) is 85.2 Å². The van der Waals surface area contributed by atoms with E-state index in [1.165, 1.54) is 6.07 Å². The van der Waals surface area contributed by atoms with Crippen LogP contribution in [0.3, 0.4) is 0 Å². The third kappa shape index (κ3) is 28.9. The predicted molar refractivity (Wildman–Crippen MR) is 264 cm³/mol. The third-order valence-corrected chi connectivity index (χ3v) is 13.8. The number of nitrogens with zero attached hydrogens (tertiary/aromatic N) is 9. The summed E-state index contributed by atoms with van der Waals surface area (Å²) in [6.07, 6.45) is 0. The van der Waals surface area contributed by atoms with Crippen LogP contribution < -0.4 is 242 Å². The Hall–Kier alpha value is -1.33. The van der Waals surface area contributed by atoms with Gasteiger partial charge in [0.1, 0.15) is 51.8 Å². The number of fused-ring (bicyclic) bond motifs is 2. The average molecular weight is 1500 g/mol. The molecule has 0 amide bonds. The SMILES string of the molecule is Nc1c(N=Nc2ccc(N=Nc3cc[c-]cc3S(=O)(=O)[O-])c3c[c-]c(N=Nc4c[c-]ccc4S(=O)(=O)[O-])c(O)c23)cc(S(=O)(=O)[O-])c2cc(S(=O)(=O)[O-])c(N=Nc3cc(S(=O)(=O)[O-])ccc3[N+](=O)[O-])c(O)c12.O=S(=O)=O.O=S(=O)=O.O=S(=O)=O.[Na+].[Na+].[Na+].[Na+].[Na+].[Na+].[Na+].[Na+]. The van der Waals surface area contributed by atoms with Gasteiger partial charge in [-0.1, -0.05) is 10.8 Å². The van der Waals surface area contributed by atoms with Gasteiger partial charge in [0, 0.05) is 28.6 Å². The smallest absolute Gasteiger partial charge is 0.754 e. The molecule has 0 saturated carbocycles. The number of rotatable bonds is 14. The predicted octanol–water partition coefficient (Wildman–Crippen LogP) is -20.5. The summed E-state index contributed by atoms with van der Waals surface area (Å²) < 4.78 is 258. The Morgan fingerprint density at radius 1 is 0.424 bits per heavy atom. The van der Waals surface area contributed by atoms with Crippen molar-refractivity contribution in [3.63, 3.8) is 0 Å². The number of azo groups is 4. The number of nitro groups is 1. The molecule has 7 aromatic carbocycles. The minimum Gasteiger partial charge on any atom is -0.754 e. The third-order valence-electron chi connectivity index (χ3n) is 9.50. The fourth-order valence-corrected chi connectivity index (χ4v) is 9.34. The van der Waals surface area contributed by atoms with Gasteiger partial charge in [0.2, 0.25) is 0 Å². The molecule has 444 valence electrons. The van der Waals surface area contributed by atoms with Gasteiger partial charge in [-0.2, -0.15) is 69.0 Å². The van der Waals surface area contributed by atoms with Crippen LogP contribution in [0.1, 0.15) is 0 Å². The monoisotopic (exact) mass is 1500 g/mol. The van der Waals surface area contributed by atoms with Crippen LogP contribution >= 0.6 is 0 Å². The second-order valence-corrected chi connectivity index (χ2v) is 22.6. The second kappa shape index (κ2) is 42.6. The molecule has 0 fully saturated rings. The van der Waals surface area contributed by atoms with Gasteiger partial charge in [0.25, 0.3) is 5.69 Å². The average Bonchev–Trinajstić information content (AvgIpc) is 0.762. The largest absolute Gasteiger partial charge is 1.00 e. The van der Waals surface area contributed by atoms with Gasteiger partial charge in [-0.05, 0) is 57.6 Å². The minimum atomic E-state index is -5.89. The van der Waals surface area contributed by atoms with Crippen molar-refractivity contribution in [1.82, 2.24) is 0 Å². The van der Waals surface area contributed by atoms with Crippen molar-refractivity contribution < 1.29 is 354 Å². The van der Waals surface area contributed by atoms with Crippen LogP contribution in [0.5, 0.6) is 11.5 Å². The number of hydrogen-bond acceptors (Lipinski definition) is 37. The fraction of sp³-hybridized carbons (Fsp3) is 0. The van der Waals surface area contributed by atoms with Crippen LogP contribution in [0, 0.1) is 28.3 Å². The first-order valence-electron chi connectivity index (χ1n) is 20.0. The van der Waals surface area contributed by atoms with Crippen LogP contribution in [0.2, 0.25) is 0 Å². The Morgan fingerprint density at radius 2 is 0.870 bits per heavy atom. The maximum Gasteiger partial charge on any atom is 1.00 e. The number of anilines is 1. The maximum absolute atomic E-state index is 12.7. The topological polar surface area (TPSA) is 648 Å². The second-order valence-electron chi connectivity index (χ2n) is 14.6. The Morgan fingerprint density at radius 3 is 1.37 bits per heavy atom. The molecule has 0 aromatic heterocycles. The molecule has 7 rings (SSSR count). The number of nitrogens with two attached hydrogens (primary N) is 1. The van der Waals surface area contributed by atoms with E-state index in [2.05, 4.69) is 59.1 Å². The van der Waals surface area contributed by atoms with Gasteiger partial charge in [0.15, 0.2) is 11.4 Å². The van der Waals surface area contributed by atoms with Crippen molar-refractivity contribution in [3.05, 3.63) is 113 Å². The number of aromatic hydroxyl groups is 2. The minimum absolute atomic E-state index is 0. The van der Waals surface area contributed by atoms with Gasteiger partial charge in [-0.25, -0.2) is 38.8 Å². The molecule has 0 aliphatic carbocycles. The Labute approximate surface area is 699 Å². The molecule has 4 N–H and O–H groups in total. The van der Waals surface area contributed by atoms with Crippen molar-refractivity contribution in [2.75, 3.05) is 5.73 Å². The molecular formula is C38H18N10Na8O28S8. The zero-order valence-corrected chi connectivity index (χ0v) is 70.0. The molecule has 0 heterocycles. The molecular weight excluding hydrogens is 1480 g/mol. The van der Waals surface area contributed by atoms with E-state index in [1.807, 2.05) is 0 Å². The van der Waals surface area contributed by atoms with E-state index in [4.69, 9.17) is 43.6 Å². The number of phenols is 2. The normalized spacial score (nSPS) is 11.1. The Bertz CT molecular complexity index is 4930. The van der Waals surface area contributed by atoms with Gasteiger partial charge in [-0.15, -0.1) is 65.4 Å². The number of phenolic OH excluding ortho intramolecular Hbond substituents is 2. The zero-order valence-electron chi connectivity index (χ0n) is 47.5. The first kappa shape index (κ1) is 99.3. The molecule has 0 aliphatic heterocycles. The number of benzene rings is 7. The molecule has 0 bridgehead atoms. The molecule has 0 unspecified atom stereocenters. The zero-order chi connectivity index (χ0) is 63.6. The van der Waals surface area contributed by atoms with E-state index in [-0.39, 0.29) is 254 Å². The van der Waals surface area contributed by atoms with Crippen LogP contribution in [0.25, 0.3) is 21.5 Å². The van der Waals surface area contributed by atoms with E-state index in [0.717, 1.165) is 48.5 Å². The Balaban J connectivity index is -0.00000116. The van der Waals surface area contributed by atoms with E-state index < -0.39 is 191 Å². The molecule has 0 atom stereocenters. The molecule has 54 heteroatoms. The standard InChI is InChI=1S/C38H23N10O19S5.8Na.3O3S/c39-35-27(17-31(71(62,63)64)20-16-32(72(65,66)67)36(38(50)34(20)35)47-45-26-15-18(68(53,54)55)9-14-28(26)48(51)52)46-43-24-13-12-21(40-41-22-5-1-3-7-29(22)69(56,57)58)19-10-11-25(37(49)33(19)24)44-42-23-6-2-4-8-30(23)70(59,60)61;;;;;;;;;3*1-4(2)3/h1,4-10,12-17,49-50H,39H2,(H,53,54,55)(H,56,57,58)(H,59,60,61)(H,62,63,64)(H,65,66,67);;;;;;;;;;;/q-3;8*+1;;;/p-5. The summed E-state index contributed by atoms with van der Waals surface area (Å²) in [5, 5.41) is 62.0. The molecule has 38 nitrogen and oxygen atoms in total. The van der Waals surface area contributed by atoms with Crippen LogP contribution in [-0.2, 0) is 82.4 Å². The quantitative estimate of drug-likeness (QED) is 0.0173. The van der Waals surface area contributed by atoms with Crippen molar-refractivity contribution in [2.24, 2.45) is 40.9 Å². The van der Waals surface area contributed by atoms with Crippen molar-refractivity contribution >= 4 is 161 Å². The van der Waals surface area contributed by atoms with Gasteiger partial charge in [0.05, 0.1) is 46.5 Å². The van der Waals surface area contributed by atoms with Crippen molar-refractivity contribution in [1.29, 1.82) is 0 Å². The summed E-state index contributed by atoms with van der Waals surface area (Å²) in [7, 11) is -36.6. The summed E-state index contributed by atoms with van der Waals surface area (Å²) in [5.41, 5.74) is -1.24.